The van der Waals surface area contributed by atoms with Gasteiger partial charge in [-0.1, -0.05) is 43.2 Å². The molecule has 2 heterocycles. The molecular weight excluding hydrogens is 422 g/mol. The fourth-order valence-electron chi connectivity index (χ4n) is 3.72. The summed E-state index contributed by atoms with van der Waals surface area (Å²) in [5, 5.41) is 0.740. The van der Waals surface area contributed by atoms with Gasteiger partial charge in [0.05, 0.1) is 30.0 Å². The number of morpholine rings is 1. The monoisotopic (exact) mass is 453 g/mol. The van der Waals surface area contributed by atoms with Crippen LogP contribution in [0.25, 0.3) is 10.2 Å². The van der Waals surface area contributed by atoms with E-state index in [0.29, 0.717) is 18.7 Å². The molecule has 1 aliphatic rings. The van der Waals surface area contributed by atoms with Gasteiger partial charge in [0.15, 0.2) is 5.13 Å². The van der Waals surface area contributed by atoms with Gasteiger partial charge in [-0.2, -0.15) is 0 Å². The average Bonchev–Trinajstić information content (AvgIpc) is 3.27. The van der Waals surface area contributed by atoms with Crippen LogP contribution in [0.15, 0.2) is 48.5 Å². The van der Waals surface area contributed by atoms with E-state index in [0.717, 1.165) is 66.8 Å². The molecule has 1 saturated heterocycles. The average molecular weight is 454 g/mol. The molecule has 0 atom stereocenters. The van der Waals surface area contributed by atoms with E-state index in [-0.39, 0.29) is 5.91 Å². The third kappa shape index (κ3) is 5.85. The molecule has 7 heteroatoms. The molecule has 6 nitrogen and oxygen atoms in total. The number of carbonyl (C=O) groups excluding carboxylic acids is 1. The van der Waals surface area contributed by atoms with Gasteiger partial charge in [-0.15, -0.1) is 0 Å². The van der Waals surface area contributed by atoms with Crippen LogP contribution in [0.2, 0.25) is 0 Å². The van der Waals surface area contributed by atoms with Crippen molar-refractivity contribution in [2.24, 2.45) is 0 Å². The lowest BCUT2D eigenvalue weighted by Crippen LogP contribution is -2.43. The normalized spacial score (nSPS) is 14.5. The molecule has 0 radical (unpaired) electrons. The first-order valence-corrected chi connectivity index (χ1v) is 12.3. The molecule has 4 rings (SSSR count). The molecule has 1 aromatic heterocycles. The number of para-hydroxylation sites is 1. The van der Waals surface area contributed by atoms with Crippen LogP contribution in [0.4, 0.5) is 5.13 Å². The molecule has 32 heavy (non-hydrogen) atoms. The minimum atomic E-state index is -0.0325. The summed E-state index contributed by atoms with van der Waals surface area (Å²) in [5.74, 6) is 0.771. The van der Waals surface area contributed by atoms with Crippen molar-refractivity contribution in [2.45, 2.75) is 26.2 Å². The zero-order chi connectivity index (χ0) is 22.2. The highest BCUT2D eigenvalue weighted by Gasteiger charge is 2.23. The number of benzene rings is 2. The van der Waals surface area contributed by atoms with Gasteiger partial charge < -0.3 is 9.47 Å². The van der Waals surface area contributed by atoms with E-state index in [4.69, 9.17) is 14.5 Å². The molecule has 0 saturated carbocycles. The number of aromatic nitrogens is 1. The number of thiazole rings is 1. The lowest BCUT2D eigenvalue weighted by atomic mass is 10.2. The molecule has 170 valence electrons. The summed E-state index contributed by atoms with van der Waals surface area (Å²) in [6, 6.07) is 15.5. The van der Waals surface area contributed by atoms with Gasteiger partial charge in [0, 0.05) is 31.7 Å². The minimum Gasteiger partial charge on any atom is -0.494 e. The van der Waals surface area contributed by atoms with E-state index >= 15 is 0 Å². The van der Waals surface area contributed by atoms with Crippen molar-refractivity contribution in [2.75, 3.05) is 50.9 Å². The Bertz CT molecular complexity index is 966. The van der Waals surface area contributed by atoms with Crippen molar-refractivity contribution in [1.82, 2.24) is 9.88 Å². The van der Waals surface area contributed by atoms with E-state index < -0.39 is 0 Å². The number of hydrogen-bond acceptors (Lipinski definition) is 6. The van der Waals surface area contributed by atoms with Crippen LogP contribution in [-0.2, 0) is 4.74 Å². The third-order valence-electron chi connectivity index (χ3n) is 5.62. The number of nitrogens with zero attached hydrogens (tertiary/aromatic N) is 3. The second kappa shape index (κ2) is 11.4. The van der Waals surface area contributed by atoms with Gasteiger partial charge in [-0.05, 0) is 42.8 Å². The summed E-state index contributed by atoms with van der Waals surface area (Å²) in [5.41, 5.74) is 1.57. The molecule has 0 aliphatic carbocycles. The highest BCUT2D eigenvalue weighted by molar-refractivity contribution is 7.22. The summed E-state index contributed by atoms with van der Waals surface area (Å²) >= 11 is 1.56. The van der Waals surface area contributed by atoms with Gasteiger partial charge in [-0.3, -0.25) is 14.6 Å². The van der Waals surface area contributed by atoms with Gasteiger partial charge in [0.2, 0.25) is 0 Å². The SMILES string of the molecule is CCCCCOc1ccc(C(=O)N(CCN2CCOCC2)c2nc3ccccc3s2)cc1. The van der Waals surface area contributed by atoms with E-state index in [1.54, 1.807) is 11.3 Å². The van der Waals surface area contributed by atoms with E-state index in [1.165, 1.54) is 6.42 Å². The number of carbonyl (C=O) groups is 1. The Kier molecular flexibility index (Phi) is 8.09. The predicted octanol–water partition coefficient (Wildman–Crippen LogP) is 4.84. The van der Waals surface area contributed by atoms with E-state index in [2.05, 4.69) is 11.8 Å². The first-order valence-electron chi connectivity index (χ1n) is 11.4. The maximum absolute atomic E-state index is 13.5. The quantitative estimate of drug-likeness (QED) is 0.411. The summed E-state index contributed by atoms with van der Waals surface area (Å²) in [6.45, 7) is 7.55. The highest BCUT2D eigenvalue weighted by atomic mass is 32.1. The molecule has 1 amide bonds. The van der Waals surface area contributed by atoms with Gasteiger partial charge in [-0.25, -0.2) is 4.98 Å². The second-order valence-corrected chi connectivity index (χ2v) is 8.96. The van der Waals surface area contributed by atoms with Crippen molar-refractivity contribution in [3.05, 3.63) is 54.1 Å². The zero-order valence-corrected chi connectivity index (χ0v) is 19.5. The first-order chi connectivity index (χ1) is 15.7. The second-order valence-electron chi connectivity index (χ2n) is 7.95. The maximum atomic E-state index is 13.5. The van der Waals surface area contributed by atoms with Gasteiger partial charge in [0.25, 0.3) is 5.91 Å². The minimum absolute atomic E-state index is 0.0325. The topological polar surface area (TPSA) is 54.9 Å². The molecule has 0 spiro atoms. The lowest BCUT2D eigenvalue weighted by molar-refractivity contribution is 0.0391. The maximum Gasteiger partial charge on any atom is 0.260 e. The lowest BCUT2D eigenvalue weighted by Gasteiger charge is -2.29. The molecule has 1 fully saturated rings. The van der Waals surface area contributed by atoms with Crippen LogP contribution in [0.3, 0.4) is 0 Å². The summed E-state index contributed by atoms with van der Waals surface area (Å²) in [6.07, 6.45) is 3.38. The smallest absolute Gasteiger partial charge is 0.260 e. The number of unbranched alkanes of at least 4 members (excludes halogenated alkanes) is 2. The molecule has 0 N–H and O–H groups in total. The summed E-state index contributed by atoms with van der Waals surface area (Å²) < 4.78 is 12.3. The molecule has 3 aromatic rings. The molecular formula is C25H31N3O3S. The molecule has 1 aliphatic heterocycles. The fourth-order valence-corrected chi connectivity index (χ4v) is 4.71. The Morgan fingerprint density at radius 2 is 1.91 bits per heavy atom. The van der Waals surface area contributed by atoms with Crippen molar-refractivity contribution in [1.29, 1.82) is 0 Å². The number of ether oxygens (including phenoxy) is 2. The Hall–Kier alpha value is -2.48. The van der Waals surface area contributed by atoms with Crippen molar-refractivity contribution in [3.63, 3.8) is 0 Å². The summed E-state index contributed by atoms with van der Waals surface area (Å²) in [4.78, 5) is 22.4. The third-order valence-corrected chi connectivity index (χ3v) is 6.68. The fraction of sp³-hybridized carbons (Fsp3) is 0.440. The van der Waals surface area contributed by atoms with E-state index in [9.17, 15) is 4.79 Å². The number of hydrogen-bond donors (Lipinski definition) is 0. The van der Waals surface area contributed by atoms with Crippen molar-refractivity contribution in [3.8, 4) is 5.75 Å². The Balaban J connectivity index is 1.49. The number of rotatable bonds is 10. The number of anilines is 1. The molecule has 0 unspecified atom stereocenters. The number of amides is 1. The van der Waals surface area contributed by atoms with Crippen LogP contribution >= 0.6 is 11.3 Å². The van der Waals surface area contributed by atoms with Crippen molar-refractivity contribution < 1.29 is 14.3 Å². The standard InChI is InChI=1S/C25H31N3O3S/c1-2-3-6-17-31-21-11-9-20(10-12-21)24(29)28(14-13-27-15-18-30-19-16-27)25-26-22-7-4-5-8-23(22)32-25/h4-5,7-12H,2-3,6,13-19H2,1H3. The number of fused-ring (bicyclic) bond motifs is 1. The Morgan fingerprint density at radius 3 is 2.66 bits per heavy atom. The van der Waals surface area contributed by atoms with Crippen LogP contribution in [0.5, 0.6) is 5.75 Å². The van der Waals surface area contributed by atoms with Crippen LogP contribution in [0.1, 0.15) is 36.5 Å². The zero-order valence-electron chi connectivity index (χ0n) is 18.7. The highest BCUT2D eigenvalue weighted by Crippen LogP contribution is 2.30. The molecule has 0 bridgehead atoms. The first kappa shape index (κ1) is 22.7. The van der Waals surface area contributed by atoms with Gasteiger partial charge in [0.1, 0.15) is 5.75 Å². The van der Waals surface area contributed by atoms with Gasteiger partial charge >= 0.3 is 0 Å². The van der Waals surface area contributed by atoms with Crippen LogP contribution < -0.4 is 9.64 Å². The predicted molar refractivity (Wildman–Crippen MR) is 130 cm³/mol. The van der Waals surface area contributed by atoms with Crippen LogP contribution in [-0.4, -0.2) is 61.8 Å². The Morgan fingerprint density at radius 1 is 1.12 bits per heavy atom. The summed E-state index contributed by atoms with van der Waals surface area (Å²) in [7, 11) is 0. The van der Waals surface area contributed by atoms with Crippen LogP contribution in [0, 0.1) is 0 Å². The largest absolute Gasteiger partial charge is 0.494 e. The molecule has 2 aromatic carbocycles. The Labute approximate surface area is 193 Å². The van der Waals surface area contributed by atoms with Crippen molar-refractivity contribution >= 4 is 32.6 Å². The van der Waals surface area contributed by atoms with E-state index in [1.807, 2.05) is 53.4 Å².